The van der Waals surface area contributed by atoms with Crippen LogP contribution >= 0.6 is 0 Å². The van der Waals surface area contributed by atoms with E-state index in [9.17, 15) is 30.7 Å². The van der Waals surface area contributed by atoms with Gasteiger partial charge in [0.05, 0.1) is 0 Å². The molecule has 0 radical (unpaired) electrons. The van der Waals surface area contributed by atoms with E-state index >= 15 is 0 Å². The molecule has 2 rings (SSSR count). The minimum absolute atomic E-state index is 0.0649. The molecule has 0 heterocycles. The number of alkyl halides is 6. The van der Waals surface area contributed by atoms with Crippen molar-refractivity contribution in [3.63, 3.8) is 0 Å². The summed E-state index contributed by atoms with van der Waals surface area (Å²) < 4.78 is 111. The number of benzene rings is 2. The van der Waals surface area contributed by atoms with Crippen LogP contribution in [-0.2, 0) is 21.0 Å². The molecule has 3 nitrogen and oxygen atoms in total. The number of halogens is 7. The Morgan fingerprint density at radius 1 is 0.769 bits per heavy atom. The first kappa shape index (κ1) is 22.3. The molecule has 2 aromatic carbocycles. The molecule has 1 atom stereocenters. The van der Waals surface area contributed by atoms with E-state index in [2.05, 4.69) is 0 Å². The highest BCUT2D eigenvalue weighted by molar-refractivity contribution is 7.97. The predicted octanol–water partition coefficient (Wildman–Crippen LogP) is 4.43. The first-order valence-electron chi connectivity index (χ1n) is 6.37. The van der Waals surface area contributed by atoms with Gasteiger partial charge in [-0.15, -0.1) is 13.2 Å². The van der Waals surface area contributed by atoms with Crippen LogP contribution in [0.2, 0.25) is 0 Å². The van der Waals surface area contributed by atoms with Crippen molar-refractivity contribution in [3.8, 4) is 0 Å². The molecule has 0 bridgehead atoms. The molecule has 0 fully saturated rings. The monoisotopic (exact) mass is 422 g/mol. The second-order valence-electron chi connectivity index (χ2n) is 4.42. The van der Waals surface area contributed by atoms with Crippen molar-refractivity contribution in [1.29, 1.82) is 0 Å². The van der Waals surface area contributed by atoms with Crippen LogP contribution in [-0.4, -0.2) is 24.0 Å². The smallest absolute Gasteiger partial charge is 0.586 e. The number of rotatable bonds is 2. The van der Waals surface area contributed by atoms with Crippen LogP contribution in [0.25, 0.3) is 0 Å². The molecule has 0 N–H and O–H groups in total. The van der Waals surface area contributed by atoms with Crippen molar-refractivity contribution in [3.05, 3.63) is 60.4 Å². The third-order valence-corrected chi connectivity index (χ3v) is 5.06. The van der Waals surface area contributed by atoms with E-state index in [-0.39, 0.29) is 9.79 Å². The summed E-state index contributed by atoms with van der Waals surface area (Å²) in [6.45, 7) is 0. The first-order valence-corrected chi connectivity index (χ1v) is 9.00. The summed E-state index contributed by atoms with van der Waals surface area (Å²) in [7, 11) is -8.13. The lowest BCUT2D eigenvalue weighted by Gasteiger charge is -2.09. The van der Waals surface area contributed by atoms with E-state index in [0.29, 0.717) is 0 Å². The second-order valence-corrected chi connectivity index (χ2v) is 7.81. The average molecular weight is 422 g/mol. The quantitative estimate of drug-likeness (QED) is 0.311. The normalized spacial score (nSPS) is 13.5. The Kier molecular flexibility index (Phi) is 7.08. The largest absolute Gasteiger partial charge is 0.741 e. The van der Waals surface area contributed by atoms with E-state index in [1.54, 1.807) is 18.2 Å². The maximum absolute atomic E-state index is 13.1. The lowest BCUT2D eigenvalue weighted by molar-refractivity contribution is -0.0518. The highest BCUT2D eigenvalue weighted by Gasteiger charge is 2.54. The molecule has 0 saturated heterocycles. The fraction of sp³-hybridized carbons (Fsp3) is 0.143. The van der Waals surface area contributed by atoms with Crippen LogP contribution in [0.4, 0.5) is 30.7 Å². The zero-order chi connectivity index (χ0) is 20.2. The Balaban J connectivity index is 0.000000359. The summed E-state index contributed by atoms with van der Waals surface area (Å²) in [6.07, 6.45) is 0. The number of hydrogen-bond acceptors (Lipinski definition) is 3. The van der Waals surface area contributed by atoms with Crippen LogP contribution in [0.3, 0.4) is 0 Å². The maximum atomic E-state index is 13.1. The lowest BCUT2D eigenvalue weighted by Crippen LogP contribution is -2.24. The molecule has 0 aliphatic heterocycles. The van der Waals surface area contributed by atoms with E-state index < -0.39 is 37.8 Å². The van der Waals surface area contributed by atoms with Gasteiger partial charge in [-0.3, -0.25) is 0 Å². The summed E-state index contributed by atoms with van der Waals surface area (Å²) in [4.78, 5) is 0.242. The van der Waals surface area contributed by atoms with Crippen molar-refractivity contribution in [1.82, 2.24) is 0 Å². The molecule has 1 unspecified atom stereocenters. The summed E-state index contributed by atoms with van der Waals surface area (Å²) >= 11 is 0. The van der Waals surface area contributed by atoms with Gasteiger partial charge in [-0.1, -0.05) is 18.2 Å². The van der Waals surface area contributed by atoms with E-state index in [1.807, 2.05) is 0 Å². The Hall–Kier alpha value is -1.79. The van der Waals surface area contributed by atoms with Gasteiger partial charge in [-0.2, -0.15) is 13.2 Å². The van der Waals surface area contributed by atoms with Gasteiger partial charge in [0.2, 0.25) is 0 Å². The zero-order valence-corrected chi connectivity index (χ0v) is 14.0. The maximum Gasteiger partial charge on any atom is 0.586 e. The fourth-order valence-corrected chi connectivity index (χ4v) is 3.17. The summed E-state index contributed by atoms with van der Waals surface area (Å²) in [5.74, 6) is -0.544. The van der Waals surface area contributed by atoms with Gasteiger partial charge >= 0.3 is 11.0 Å². The van der Waals surface area contributed by atoms with E-state index in [0.717, 1.165) is 12.1 Å². The molecule has 0 aliphatic carbocycles. The molecular formula is C14H9F7O3S2. The molecule has 0 aliphatic rings. The van der Waals surface area contributed by atoms with Gasteiger partial charge in [0.15, 0.2) is 30.8 Å². The minimum atomic E-state index is -6.09. The summed E-state index contributed by atoms with van der Waals surface area (Å²) in [5.41, 5.74) is -10.0. The van der Waals surface area contributed by atoms with Crippen molar-refractivity contribution in [2.45, 2.75) is 20.8 Å². The van der Waals surface area contributed by atoms with E-state index in [1.165, 1.54) is 24.3 Å². The third-order valence-electron chi connectivity index (χ3n) is 2.54. The Morgan fingerprint density at radius 3 is 1.50 bits per heavy atom. The second kappa shape index (κ2) is 8.27. The molecular weight excluding hydrogens is 413 g/mol. The molecule has 0 spiro atoms. The molecule has 144 valence electrons. The van der Waals surface area contributed by atoms with Crippen molar-refractivity contribution in [2.24, 2.45) is 0 Å². The van der Waals surface area contributed by atoms with Crippen molar-refractivity contribution >= 4 is 21.0 Å². The van der Waals surface area contributed by atoms with Crippen LogP contribution in [0.1, 0.15) is 0 Å². The van der Waals surface area contributed by atoms with Gasteiger partial charge in [-0.25, -0.2) is 12.8 Å². The molecule has 26 heavy (non-hydrogen) atoms. The van der Waals surface area contributed by atoms with Gasteiger partial charge in [0.1, 0.15) is 5.82 Å². The predicted molar refractivity (Wildman–Crippen MR) is 78.5 cm³/mol. The Bertz CT molecular complexity index is 801. The van der Waals surface area contributed by atoms with Crippen LogP contribution < -0.4 is 0 Å². The van der Waals surface area contributed by atoms with Gasteiger partial charge in [-0.05, 0) is 36.4 Å². The Morgan fingerprint density at radius 2 is 1.15 bits per heavy atom. The molecule has 0 saturated carbocycles. The summed E-state index contributed by atoms with van der Waals surface area (Å²) in [5, 5.41) is 0. The zero-order valence-electron chi connectivity index (χ0n) is 12.4. The lowest BCUT2D eigenvalue weighted by atomic mass is 10.3. The first-order chi connectivity index (χ1) is 11.7. The van der Waals surface area contributed by atoms with Crippen LogP contribution in [0, 0.1) is 5.82 Å². The van der Waals surface area contributed by atoms with Crippen LogP contribution in [0.15, 0.2) is 64.4 Å². The fourth-order valence-electron chi connectivity index (χ4n) is 1.53. The SMILES string of the molecule is Fc1ccc([S+](c2ccccc2)C(F)(F)F)cc1.O=S(=O)([O-])C(F)(F)F. The standard InChI is InChI=1S/C13H9F4S.CHF3O3S/c14-10-6-8-12(9-7-10)18(13(15,16)17)11-4-2-1-3-5-11;2-1(3,4)8(5,6)7/h1-9H;(H,5,6,7)/q+1;/p-1. The number of hydrogen-bond donors (Lipinski definition) is 0. The average Bonchev–Trinajstić information content (AvgIpc) is 2.48. The molecule has 0 amide bonds. The molecule has 12 heteroatoms. The van der Waals surface area contributed by atoms with Gasteiger partial charge in [0, 0.05) is 0 Å². The van der Waals surface area contributed by atoms with Crippen LogP contribution in [0.5, 0.6) is 0 Å². The van der Waals surface area contributed by atoms with Gasteiger partial charge < -0.3 is 4.55 Å². The van der Waals surface area contributed by atoms with Gasteiger partial charge in [0.25, 0.3) is 0 Å². The van der Waals surface area contributed by atoms with Crippen molar-refractivity contribution in [2.75, 3.05) is 0 Å². The topological polar surface area (TPSA) is 57.2 Å². The Labute approximate surface area is 146 Å². The summed E-state index contributed by atoms with van der Waals surface area (Å²) in [6, 6.07) is 12.1. The highest BCUT2D eigenvalue weighted by atomic mass is 32.2. The molecule has 0 aromatic heterocycles. The highest BCUT2D eigenvalue weighted by Crippen LogP contribution is 2.38. The third kappa shape index (κ3) is 6.50. The molecule has 2 aromatic rings. The minimum Gasteiger partial charge on any atom is -0.741 e. The van der Waals surface area contributed by atoms with Crippen molar-refractivity contribution < 1.29 is 43.7 Å². The van der Waals surface area contributed by atoms with E-state index in [4.69, 9.17) is 13.0 Å².